The number of fused-ring (bicyclic) bond motifs is 2. The first kappa shape index (κ1) is 12.2. The van der Waals surface area contributed by atoms with Gasteiger partial charge in [-0.05, 0) is 23.3 Å². The summed E-state index contributed by atoms with van der Waals surface area (Å²) in [5, 5.41) is 0. The van der Waals surface area contributed by atoms with Crippen molar-refractivity contribution in [2.45, 2.75) is 6.42 Å². The second-order valence-corrected chi connectivity index (χ2v) is 5.48. The van der Waals surface area contributed by atoms with E-state index in [2.05, 4.69) is 29.2 Å². The lowest BCUT2D eigenvalue weighted by molar-refractivity contribution is 0.103. The Bertz CT molecular complexity index is 814. The number of anilines is 1. The van der Waals surface area contributed by atoms with Gasteiger partial charge in [-0.15, -0.1) is 0 Å². The molecule has 1 aliphatic carbocycles. The first-order valence-corrected chi connectivity index (χ1v) is 7.12. The molecule has 0 N–H and O–H groups in total. The smallest absolute Gasteiger partial charge is 0.191 e. The van der Waals surface area contributed by atoms with Gasteiger partial charge in [-0.1, -0.05) is 48.5 Å². The van der Waals surface area contributed by atoms with Crippen LogP contribution in [0, 0.1) is 0 Å². The molecular formula is C19H15NO. The summed E-state index contributed by atoms with van der Waals surface area (Å²) in [5.41, 5.74) is 6.21. The summed E-state index contributed by atoms with van der Waals surface area (Å²) in [4.78, 5) is 14.8. The lowest BCUT2D eigenvalue weighted by Crippen LogP contribution is -2.21. The molecule has 4 rings (SSSR count). The van der Waals surface area contributed by atoms with Crippen LogP contribution < -0.4 is 4.90 Å². The van der Waals surface area contributed by atoms with Crippen LogP contribution in [0.25, 0.3) is 6.08 Å². The topological polar surface area (TPSA) is 20.3 Å². The van der Waals surface area contributed by atoms with Gasteiger partial charge in [0.05, 0.1) is 0 Å². The minimum Gasteiger partial charge on any atom is -0.344 e. The van der Waals surface area contributed by atoms with E-state index in [0.717, 1.165) is 34.5 Å². The monoisotopic (exact) mass is 273 g/mol. The van der Waals surface area contributed by atoms with E-state index in [0.29, 0.717) is 0 Å². The molecule has 0 spiro atoms. The highest BCUT2D eigenvalue weighted by atomic mass is 16.1. The van der Waals surface area contributed by atoms with E-state index in [1.165, 1.54) is 5.56 Å². The van der Waals surface area contributed by atoms with Crippen molar-refractivity contribution in [3.63, 3.8) is 0 Å². The molecule has 2 nitrogen and oxygen atoms in total. The number of likely N-dealkylation sites (N-methyl/N-ethyl adjacent to an activating group) is 1. The molecule has 1 aliphatic heterocycles. The average Bonchev–Trinajstić information content (AvgIpc) is 2.85. The molecular weight excluding hydrogens is 258 g/mol. The highest BCUT2D eigenvalue weighted by Crippen LogP contribution is 2.35. The molecule has 0 saturated heterocycles. The minimum atomic E-state index is 0.163. The number of ketones is 1. The summed E-state index contributed by atoms with van der Waals surface area (Å²) in [5.74, 6) is 0.163. The number of hydrogen-bond acceptors (Lipinski definition) is 2. The van der Waals surface area contributed by atoms with E-state index in [1.54, 1.807) is 0 Å². The van der Waals surface area contributed by atoms with E-state index in [-0.39, 0.29) is 5.78 Å². The second-order valence-electron chi connectivity index (χ2n) is 5.48. The summed E-state index contributed by atoms with van der Waals surface area (Å²) in [6.45, 7) is 0. The van der Waals surface area contributed by atoms with Gasteiger partial charge in [0.1, 0.15) is 0 Å². The molecule has 0 saturated carbocycles. The van der Waals surface area contributed by atoms with Crippen molar-refractivity contribution in [3.05, 3.63) is 82.6 Å². The maximum Gasteiger partial charge on any atom is 0.191 e. The first-order chi connectivity index (χ1) is 10.3. The predicted octanol–water partition coefficient (Wildman–Crippen LogP) is 3.84. The molecule has 102 valence electrons. The van der Waals surface area contributed by atoms with E-state index in [9.17, 15) is 4.79 Å². The number of nitrogens with zero attached hydrogens (tertiary/aromatic N) is 1. The summed E-state index contributed by atoms with van der Waals surface area (Å²) < 4.78 is 0. The third-order valence-electron chi connectivity index (χ3n) is 4.29. The molecule has 2 aliphatic rings. The summed E-state index contributed by atoms with van der Waals surface area (Å²) in [6.07, 6.45) is 4.87. The van der Waals surface area contributed by atoms with Gasteiger partial charge in [0.15, 0.2) is 5.78 Å². The van der Waals surface area contributed by atoms with Crippen LogP contribution in [-0.4, -0.2) is 12.8 Å². The highest BCUT2D eigenvalue weighted by molar-refractivity contribution is 6.14. The van der Waals surface area contributed by atoms with Gasteiger partial charge in [0, 0.05) is 36.0 Å². The Morgan fingerprint density at radius 1 is 0.952 bits per heavy atom. The van der Waals surface area contributed by atoms with E-state index in [1.807, 2.05) is 43.4 Å². The number of hydrogen-bond donors (Lipinski definition) is 0. The van der Waals surface area contributed by atoms with Crippen LogP contribution in [0.1, 0.15) is 21.5 Å². The minimum absolute atomic E-state index is 0.163. The molecule has 21 heavy (non-hydrogen) atoms. The predicted molar refractivity (Wildman–Crippen MR) is 85.4 cm³/mol. The number of carbonyl (C=O) groups is 1. The fourth-order valence-corrected chi connectivity index (χ4v) is 3.18. The molecule has 0 atom stereocenters. The summed E-state index contributed by atoms with van der Waals surface area (Å²) in [6, 6.07) is 16.1. The fraction of sp³-hybridized carbons (Fsp3) is 0.105. The maximum atomic E-state index is 12.6. The Labute approximate surface area is 124 Å². The van der Waals surface area contributed by atoms with Crippen LogP contribution in [-0.2, 0) is 6.42 Å². The highest BCUT2D eigenvalue weighted by Gasteiger charge is 2.29. The Kier molecular flexibility index (Phi) is 2.58. The van der Waals surface area contributed by atoms with Crippen molar-refractivity contribution in [3.8, 4) is 0 Å². The van der Waals surface area contributed by atoms with Crippen molar-refractivity contribution in [2.24, 2.45) is 0 Å². The maximum absolute atomic E-state index is 12.6. The van der Waals surface area contributed by atoms with Crippen LogP contribution >= 0.6 is 0 Å². The molecule has 2 heteroatoms. The number of carbonyl (C=O) groups excluding carboxylic acids is 1. The molecule has 2 aromatic carbocycles. The van der Waals surface area contributed by atoms with Gasteiger partial charge in [0.2, 0.25) is 0 Å². The van der Waals surface area contributed by atoms with Gasteiger partial charge in [-0.3, -0.25) is 4.79 Å². The quantitative estimate of drug-likeness (QED) is 0.680. The molecule has 1 heterocycles. The normalized spacial score (nSPS) is 19.7. The molecule has 0 aromatic heterocycles. The van der Waals surface area contributed by atoms with Crippen LogP contribution in [0.4, 0.5) is 5.69 Å². The fourth-order valence-electron chi connectivity index (χ4n) is 3.18. The Balaban J connectivity index is 1.84. The molecule has 0 bridgehead atoms. The van der Waals surface area contributed by atoms with E-state index in [4.69, 9.17) is 0 Å². The third kappa shape index (κ3) is 1.76. The molecule has 2 aromatic rings. The third-order valence-corrected chi connectivity index (χ3v) is 4.29. The largest absolute Gasteiger partial charge is 0.344 e. The number of allylic oxidation sites excluding steroid dienone is 2. The van der Waals surface area contributed by atoms with Crippen LogP contribution in [0.15, 0.2) is 65.9 Å². The van der Waals surface area contributed by atoms with Crippen LogP contribution in [0.3, 0.4) is 0 Å². The summed E-state index contributed by atoms with van der Waals surface area (Å²) in [7, 11) is 2.03. The van der Waals surface area contributed by atoms with Crippen molar-refractivity contribution >= 4 is 17.5 Å². The average molecular weight is 273 g/mol. The zero-order valence-electron chi connectivity index (χ0n) is 11.8. The van der Waals surface area contributed by atoms with Gasteiger partial charge >= 0.3 is 0 Å². The van der Waals surface area contributed by atoms with Gasteiger partial charge in [-0.2, -0.15) is 0 Å². The summed E-state index contributed by atoms with van der Waals surface area (Å²) >= 11 is 0. The standard InChI is InChI=1S/C19H15NO/c1-20-17-9-5-3-6-13(17)10-11-18(20)16-12-14-7-2-4-8-15(14)19(16)21/h2-11H,12H2,1H3. The zero-order valence-corrected chi connectivity index (χ0v) is 11.8. The van der Waals surface area contributed by atoms with Crippen molar-refractivity contribution in [2.75, 3.05) is 11.9 Å². The first-order valence-electron chi connectivity index (χ1n) is 7.12. The van der Waals surface area contributed by atoms with E-state index < -0.39 is 0 Å². The number of benzene rings is 2. The Morgan fingerprint density at radius 2 is 1.71 bits per heavy atom. The van der Waals surface area contributed by atoms with Crippen molar-refractivity contribution in [1.82, 2.24) is 0 Å². The number of Topliss-reactive ketones (excluding diaryl/α,β-unsaturated/α-hetero) is 1. The SMILES string of the molecule is CN1C(=C2Cc3ccccc3C2=O)C=Cc2ccccc21. The van der Waals surface area contributed by atoms with Gasteiger partial charge in [0.25, 0.3) is 0 Å². The zero-order chi connectivity index (χ0) is 14.4. The molecule has 0 unspecified atom stereocenters. The molecule has 0 radical (unpaired) electrons. The number of rotatable bonds is 0. The second kappa shape index (κ2) is 4.45. The van der Waals surface area contributed by atoms with Gasteiger partial charge < -0.3 is 4.90 Å². The van der Waals surface area contributed by atoms with Gasteiger partial charge in [-0.25, -0.2) is 0 Å². The molecule has 0 amide bonds. The van der Waals surface area contributed by atoms with E-state index >= 15 is 0 Å². The lowest BCUT2D eigenvalue weighted by Gasteiger charge is -2.27. The Morgan fingerprint density at radius 3 is 2.57 bits per heavy atom. The lowest BCUT2D eigenvalue weighted by atomic mass is 10.0. The van der Waals surface area contributed by atoms with Crippen molar-refractivity contribution in [1.29, 1.82) is 0 Å². The number of para-hydroxylation sites is 1. The van der Waals surface area contributed by atoms with Crippen molar-refractivity contribution < 1.29 is 4.79 Å². The van der Waals surface area contributed by atoms with Crippen LogP contribution in [0.2, 0.25) is 0 Å². The molecule has 0 fully saturated rings. The van der Waals surface area contributed by atoms with Crippen LogP contribution in [0.5, 0.6) is 0 Å². The Hall–Kier alpha value is -2.61.